The van der Waals surface area contributed by atoms with Crippen LogP contribution < -0.4 is 16.0 Å². The second kappa shape index (κ2) is 18.7. The highest BCUT2D eigenvalue weighted by Crippen LogP contribution is 2.29. The number of amides is 4. The zero-order valence-electron chi connectivity index (χ0n) is 30.3. The molecule has 1 heterocycles. The third-order valence-corrected chi connectivity index (χ3v) is 8.30. The van der Waals surface area contributed by atoms with E-state index in [0.717, 1.165) is 35.2 Å². The molecule has 0 spiro atoms. The number of hydrogen-bond donors (Lipinski definition) is 3. The Bertz CT molecular complexity index is 1600. The molecule has 0 radical (unpaired) electrons. The number of carbonyl (C=O) groups excluding carboxylic acids is 4. The number of allylic oxidation sites excluding steroid dienone is 2. The Balaban J connectivity index is 1.79. The predicted octanol–water partition coefficient (Wildman–Crippen LogP) is 4.85. The molecule has 2 aromatic rings. The van der Waals surface area contributed by atoms with Gasteiger partial charge in [0.2, 0.25) is 17.7 Å². The van der Waals surface area contributed by atoms with Gasteiger partial charge in [0.05, 0.1) is 11.8 Å². The number of nitrogens with zero attached hydrogens (tertiary/aromatic N) is 3. The number of rotatable bonds is 14. The van der Waals surface area contributed by atoms with Crippen LogP contribution in [0.25, 0.3) is 0 Å². The molecule has 1 fully saturated rings. The number of anilines is 1. The van der Waals surface area contributed by atoms with Crippen molar-refractivity contribution in [3.63, 3.8) is 0 Å². The third-order valence-electron chi connectivity index (χ3n) is 8.30. The number of aliphatic imine (C=N–C) groups is 1. The summed E-state index contributed by atoms with van der Waals surface area (Å²) in [6.45, 7) is 11.1. The fourth-order valence-corrected chi connectivity index (χ4v) is 5.72. The molecule has 50 heavy (non-hydrogen) atoms. The van der Waals surface area contributed by atoms with Gasteiger partial charge in [-0.2, -0.15) is 0 Å². The van der Waals surface area contributed by atoms with Crippen LogP contribution in [-0.2, 0) is 45.1 Å². The van der Waals surface area contributed by atoms with E-state index in [1.165, 1.54) is 17.2 Å². The minimum Gasteiger partial charge on any atom is -0.444 e. The van der Waals surface area contributed by atoms with Crippen LogP contribution in [0.2, 0.25) is 0 Å². The molecule has 11 heteroatoms. The molecule has 1 saturated heterocycles. The summed E-state index contributed by atoms with van der Waals surface area (Å²) in [5.74, 6) is 1.68. The number of carbonyl (C=O) groups is 4. The first-order valence-corrected chi connectivity index (χ1v) is 17.0. The van der Waals surface area contributed by atoms with E-state index in [2.05, 4.69) is 26.9 Å². The van der Waals surface area contributed by atoms with Gasteiger partial charge in [-0.25, -0.2) is 4.79 Å². The Morgan fingerprint density at radius 1 is 1.06 bits per heavy atom. The van der Waals surface area contributed by atoms with Crippen LogP contribution >= 0.6 is 0 Å². The molecule has 3 N–H and O–H groups in total. The van der Waals surface area contributed by atoms with Gasteiger partial charge in [-0.1, -0.05) is 43.2 Å². The average Bonchev–Trinajstić information content (AvgIpc) is 3.06. The van der Waals surface area contributed by atoms with Crippen molar-refractivity contribution in [2.45, 2.75) is 79.0 Å². The summed E-state index contributed by atoms with van der Waals surface area (Å²) in [4.78, 5) is 60.4. The minimum atomic E-state index is -0.675. The molecule has 4 amide bonds. The second-order valence-electron chi connectivity index (χ2n) is 13.8. The quantitative estimate of drug-likeness (QED) is 0.193. The highest BCUT2D eigenvalue weighted by atomic mass is 16.6. The lowest BCUT2D eigenvalue weighted by Gasteiger charge is -2.37. The molecule has 1 unspecified atom stereocenters. The van der Waals surface area contributed by atoms with Crippen molar-refractivity contribution >= 4 is 35.7 Å². The molecule has 3 rings (SSSR count). The summed E-state index contributed by atoms with van der Waals surface area (Å²) in [5, 5.41) is 9.05. The fraction of sp³-hybridized carbons (Fsp3) is 0.462. The molecular formula is C39H52N6O5. The number of benzene rings is 2. The van der Waals surface area contributed by atoms with Crippen molar-refractivity contribution in [3.05, 3.63) is 76.9 Å². The Kier molecular flexibility index (Phi) is 14.8. The van der Waals surface area contributed by atoms with E-state index in [9.17, 15) is 19.2 Å². The first-order valence-electron chi connectivity index (χ1n) is 17.0. The van der Waals surface area contributed by atoms with Crippen molar-refractivity contribution in [3.8, 4) is 12.3 Å². The zero-order valence-corrected chi connectivity index (χ0v) is 30.3. The second-order valence-corrected chi connectivity index (χ2v) is 13.8. The molecule has 1 aliphatic heterocycles. The molecule has 1 aliphatic rings. The Hall–Kier alpha value is -4.95. The number of nitrogens with one attached hydrogen (secondary N) is 3. The smallest absolute Gasteiger partial charge is 0.410 e. The number of terminal acetylenes is 1. The first-order chi connectivity index (χ1) is 23.7. The van der Waals surface area contributed by atoms with E-state index in [-0.39, 0.29) is 50.4 Å². The average molecular weight is 685 g/mol. The Morgan fingerprint density at radius 3 is 2.42 bits per heavy atom. The van der Waals surface area contributed by atoms with Gasteiger partial charge in [0, 0.05) is 38.6 Å². The van der Waals surface area contributed by atoms with Crippen LogP contribution in [0.3, 0.4) is 0 Å². The van der Waals surface area contributed by atoms with Gasteiger partial charge in [-0.05, 0) is 100 Å². The predicted molar refractivity (Wildman–Crippen MR) is 197 cm³/mol. The maximum atomic E-state index is 14.2. The van der Waals surface area contributed by atoms with Gasteiger partial charge in [0.1, 0.15) is 18.8 Å². The number of hydrogen-bond acceptors (Lipinski definition) is 7. The maximum absolute atomic E-state index is 14.2. The summed E-state index contributed by atoms with van der Waals surface area (Å²) >= 11 is 0. The van der Waals surface area contributed by atoms with E-state index in [1.807, 2.05) is 65.0 Å². The lowest BCUT2D eigenvalue weighted by atomic mass is 9.81. The maximum Gasteiger partial charge on any atom is 0.410 e. The van der Waals surface area contributed by atoms with Crippen LogP contribution in [-0.4, -0.2) is 78.8 Å². The molecule has 1 atom stereocenters. The van der Waals surface area contributed by atoms with Crippen LogP contribution in [0, 0.1) is 17.8 Å². The van der Waals surface area contributed by atoms with Gasteiger partial charge in [-0.3, -0.25) is 19.4 Å². The van der Waals surface area contributed by atoms with Crippen molar-refractivity contribution in [2.24, 2.45) is 10.4 Å². The number of ether oxygens (including phenoxy) is 1. The Labute approximate surface area is 296 Å². The van der Waals surface area contributed by atoms with E-state index >= 15 is 0 Å². The van der Waals surface area contributed by atoms with Crippen LogP contribution in [0.5, 0.6) is 0 Å². The van der Waals surface area contributed by atoms with E-state index in [1.54, 1.807) is 30.2 Å². The molecule has 0 saturated carbocycles. The van der Waals surface area contributed by atoms with Gasteiger partial charge in [0.15, 0.2) is 0 Å². The standard InChI is InChI=1S/C39H52N6O5/c1-8-10-13-20-41-28-42-34(46)23-32-22-33(18-17-29(32)9-2)43-35(47)26-45(36(48)39(6)19-14-21-40-27-39)25-31-16-12-11-15-30(31)24-44(7)37(49)50-38(3,4)5/h1,10-13,15-18,20,22,40H,9,14,19,21,23-28H2,2-7H3,(H,42,46)(H,43,47)/b13-10-,41-20?. The summed E-state index contributed by atoms with van der Waals surface area (Å²) in [5.41, 5.74) is 2.67. The van der Waals surface area contributed by atoms with Crippen molar-refractivity contribution in [1.29, 1.82) is 0 Å². The van der Waals surface area contributed by atoms with Crippen LogP contribution in [0.15, 0.2) is 59.6 Å². The van der Waals surface area contributed by atoms with E-state index < -0.39 is 17.1 Å². The third kappa shape index (κ3) is 12.5. The Morgan fingerprint density at radius 2 is 1.78 bits per heavy atom. The monoisotopic (exact) mass is 684 g/mol. The first kappa shape index (κ1) is 39.5. The molecule has 0 aliphatic carbocycles. The van der Waals surface area contributed by atoms with Crippen molar-refractivity contribution < 1.29 is 23.9 Å². The normalized spacial score (nSPS) is 16.1. The van der Waals surface area contributed by atoms with Crippen molar-refractivity contribution in [1.82, 2.24) is 20.4 Å². The topological polar surface area (TPSA) is 132 Å². The lowest BCUT2D eigenvalue weighted by Crippen LogP contribution is -2.51. The lowest BCUT2D eigenvalue weighted by molar-refractivity contribution is -0.145. The van der Waals surface area contributed by atoms with E-state index in [0.29, 0.717) is 25.1 Å². The van der Waals surface area contributed by atoms with Gasteiger partial charge in [-0.15, -0.1) is 6.42 Å². The fourth-order valence-electron chi connectivity index (χ4n) is 5.72. The molecule has 0 aromatic heterocycles. The molecule has 2 aromatic carbocycles. The SMILES string of the molecule is C#C/C=C\C=NCNC(=O)Cc1cc(NC(=O)CN(Cc2ccccc2CN(C)C(=O)OC(C)(C)C)C(=O)C2(C)CCCNC2)ccc1CC. The minimum absolute atomic E-state index is 0.115. The van der Waals surface area contributed by atoms with Crippen LogP contribution in [0.4, 0.5) is 10.5 Å². The highest BCUT2D eigenvalue weighted by Gasteiger charge is 2.38. The van der Waals surface area contributed by atoms with Crippen LogP contribution in [0.1, 0.15) is 69.7 Å². The van der Waals surface area contributed by atoms with Gasteiger partial charge in [0.25, 0.3) is 0 Å². The summed E-state index contributed by atoms with van der Waals surface area (Å²) in [6, 6.07) is 13.1. The van der Waals surface area contributed by atoms with Crippen molar-refractivity contribution in [2.75, 3.05) is 38.7 Å². The largest absolute Gasteiger partial charge is 0.444 e. The molecule has 11 nitrogen and oxygen atoms in total. The zero-order chi connectivity index (χ0) is 36.7. The highest BCUT2D eigenvalue weighted by molar-refractivity contribution is 5.95. The molecular weight excluding hydrogens is 632 g/mol. The number of aryl methyl sites for hydroxylation is 1. The summed E-state index contributed by atoms with van der Waals surface area (Å²) in [6.07, 6.45) is 11.7. The van der Waals surface area contributed by atoms with Gasteiger partial charge < -0.3 is 30.5 Å². The number of piperidine rings is 1. The van der Waals surface area contributed by atoms with E-state index in [4.69, 9.17) is 11.2 Å². The molecule has 268 valence electrons. The molecule has 0 bridgehead atoms. The summed E-state index contributed by atoms with van der Waals surface area (Å²) < 4.78 is 5.54. The summed E-state index contributed by atoms with van der Waals surface area (Å²) in [7, 11) is 1.67. The van der Waals surface area contributed by atoms with Gasteiger partial charge >= 0.3 is 6.09 Å².